The van der Waals surface area contributed by atoms with Crippen LogP contribution in [-0.4, -0.2) is 23.0 Å². The maximum absolute atomic E-state index is 12.7. The molecule has 22 heavy (non-hydrogen) atoms. The van der Waals surface area contributed by atoms with Gasteiger partial charge in [-0.15, -0.1) is 0 Å². The van der Waals surface area contributed by atoms with Crippen molar-refractivity contribution in [3.05, 3.63) is 11.1 Å². The predicted molar refractivity (Wildman–Crippen MR) is 74.1 cm³/mol. The van der Waals surface area contributed by atoms with Gasteiger partial charge in [-0.25, -0.2) is 0 Å². The zero-order valence-corrected chi connectivity index (χ0v) is 13.4. The van der Waals surface area contributed by atoms with Crippen LogP contribution in [0.4, 0.5) is 13.2 Å². The summed E-state index contributed by atoms with van der Waals surface area (Å²) in [6.07, 6.45) is -5.88. The van der Waals surface area contributed by atoms with Gasteiger partial charge in [-0.1, -0.05) is 33.3 Å². The molecule has 0 radical (unpaired) electrons. The van der Waals surface area contributed by atoms with E-state index in [9.17, 15) is 27.9 Å². The van der Waals surface area contributed by atoms with E-state index in [-0.39, 0.29) is 12.0 Å². The van der Waals surface area contributed by atoms with E-state index < -0.39 is 46.5 Å². The normalized spacial score (nSPS) is 28.9. The number of carbonyl (C=O) groups is 2. The molecule has 2 rings (SSSR count). The molecule has 0 bridgehead atoms. The van der Waals surface area contributed by atoms with Gasteiger partial charge in [0.25, 0.3) is 0 Å². The Morgan fingerprint density at radius 2 is 1.68 bits per heavy atom. The van der Waals surface area contributed by atoms with Crippen LogP contribution in [0.5, 0.6) is 0 Å². The van der Waals surface area contributed by atoms with Gasteiger partial charge in [-0.3, -0.25) is 9.59 Å². The second-order valence-electron chi connectivity index (χ2n) is 7.50. The number of alkyl halides is 3. The third-order valence-corrected chi connectivity index (χ3v) is 6.43. The minimum absolute atomic E-state index is 0.142. The van der Waals surface area contributed by atoms with Crippen LogP contribution in [0.1, 0.15) is 47.5 Å². The summed E-state index contributed by atoms with van der Waals surface area (Å²) in [7, 11) is 0. The van der Waals surface area contributed by atoms with Gasteiger partial charge >= 0.3 is 12.1 Å². The van der Waals surface area contributed by atoms with E-state index in [2.05, 4.69) is 0 Å². The summed E-state index contributed by atoms with van der Waals surface area (Å²) in [5.41, 5.74) is -2.34. The molecule has 6 heteroatoms. The van der Waals surface area contributed by atoms with Gasteiger partial charge in [0.1, 0.15) is 0 Å². The summed E-state index contributed by atoms with van der Waals surface area (Å²) in [6.45, 7) is 8.70. The lowest BCUT2D eigenvalue weighted by atomic mass is 9.76. The first-order valence-corrected chi connectivity index (χ1v) is 7.25. The lowest BCUT2D eigenvalue weighted by Crippen LogP contribution is -2.32. The van der Waals surface area contributed by atoms with Crippen molar-refractivity contribution in [1.82, 2.24) is 0 Å². The minimum Gasteiger partial charge on any atom is -0.481 e. The van der Waals surface area contributed by atoms with E-state index in [1.54, 1.807) is 27.7 Å². The second-order valence-corrected chi connectivity index (χ2v) is 7.50. The van der Waals surface area contributed by atoms with Crippen LogP contribution < -0.4 is 0 Å². The molecular formula is C16H21F3O3. The number of allylic oxidation sites excluding steroid dienone is 2. The highest BCUT2D eigenvalue weighted by Crippen LogP contribution is 2.82. The first-order valence-electron chi connectivity index (χ1n) is 7.25. The molecule has 0 aromatic rings. The fraction of sp³-hybridized carbons (Fsp3) is 0.750. The Balaban J connectivity index is 2.51. The lowest BCUT2D eigenvalue weighted by Gasteiger charge is -2.25. The smallest absolute Gasteiger partial charge is 0.393 e. The number of hydrogen-bond donors (Lipinski definition) is 1. The molecule has 124 valence electrons. The molecule has 0 aromatic heterocycles. The molecule has 1 saturated carbocycles. The molecule has 1 atom stereocenters. The Morgan fingerprint density at radius 3 is 2.00 bits per heavy atom. The molecular weight excluding hydrogens is 297 g/mol. The third kappa shape index (κ3) is 1.82. The summed E-state index contributed by atoms with van der Waals surface area (Å²) >= 11 is 0. The first kappa shape index (κ1) is 17.0. The molecule has 0 amide bonds. The summed E-state index contributed by atoms with van der Waals surface area (Å²) in [5, 5.41) is 9.80. The maximum Gasteiger partial charge on any atom is 0.393 e. The van der Waals surface area contributed by atoms with Crippen molar-refractivity contribution in [3.8, 4) is 0 Å². The highest BCUT2D eigenvalue weighted by Gasteiger charge is 2.84. The minimum atomic E-state index is -4.47. The Kier molecular flexibility index (Phi) is 3.37. The van der Waals surface area contributed by atoms with Crippen molar-refractivity contribution in [2.45, 2.75) is 53.6 Å². The van der Waals surface area contributed by atoms with E-state index in [0.717, 1.165) is 0 Å². The van der Waals surface area contributed by atoms with Crippen LogP contribution in [0.15, 0.2) is 11.1 Å². The van der Waals surface area contributed by atoms with Crippen LogP contribution in [0.25, 0.3) is 0 Å². The van der Waals surface area contributed by atoms with Crippen molar-refractivity contribution < 1.29 is 27.9 Å². The fourth-order valence-corrected chi connectivity index (χ4v) is 4.72. The molecule has 0 spiro atoms. The van der Waals surface area contributed by atoms with Gasteiger partial charge in [-0.2, -0.15) is 13.2 Å². The summed E-state index contributed by atoms with van der Waals surface area (Å²) in [4.78, 5) is 24.0. The van der Waals surface area contributed by atoms with E-state index in [4.69, 9.17) is 0 Å². The van der Waals surface area contributed by atoms with Crippen molar-refractivity contribution in [2.75, 3.05) is 0 Å². The molecule has 0 aliphatic heterocycles. The topological polar surface area (TPSA) is 54.4 Å². The number of aliphatic carboxylic acids is 1. The zero-order chi connectivity index (χ0) is 17.3. The molecule has 1 N–H and O–H groups in total. The fourth-order valence-electron chi connectivity index (χ4n) is 4.72. The highest BCUT2D eigenvalue weighted by molar-refractivity contribution is 6.00. The molecule has 0 aromatic carbocycles. The van der Waals surface area contributed by atoms with Crippen LogP contribution in [0.2, 0.25) is 0 Å². The standard InChI is InChI=1S/C16H21F3O3/c1-8-9(7-15(17,18)19)11(20)6-10(8)16(12(21)22)13(2,3)14(16,4)5/h10H,6-7H2,1-5H3,(H,21,22). The molecule has 0 saturated heterocycles. The van der Waals surface area contributed by atoms with E-state index >= 15 is 0 Å². The van der Waals surface area contributed by atoms with Crippen LogP contribution in [0, 0.1) is 22.2 Å². The molecule has 3 nitrogen and oxygen atoms in total. The first-order chi connectivity index (χ1) is 9.72. The maximum atomic E-state index is 12.7. The molecule has 1 unspecified atom stereocenters. The average Bonchev–Trinajstić information content (AvgIpc) is 2.52. The van der Waals surface area contributed by atoms with E-state index in [1.807, 2.05) is 0 Å². The second kappa shape index (κ2) is 4.36. The number of halogens is 3. The molecule has 2 aliphatic rings. The Hall–Kier alpha value is -1.33. The lowest BCUT2D eigenvalue weighted by molar-refractivity contribution is -0.148. The highest BCUT2D eigenvalue weighted by atomic mass is 19.4. The molecule has 0 heterocycles. The van der Waals surface area contributed by atoms with E-state index in [1.165, 1.54) is 6.92 Å². The van der Waals surface area contributed by atoms with Gasteiger partial charge in [0.05, 0.1) is 11.8 Å². The molecule has 2 aliphatic carbocycles. The number of carboxylic acid groups (broad SMARTS) is 1. The third-order valence-electron chi connectivity index (χ3n) is 6.43. The summed E-state index contributed by atoms with van der Waals surface area (Å²) < 4.78 is 38.0. The average molecular weight is 318 g/mol. The van der Waals surface area contributed by atoms with Crippen LogP contribution in [-0.2, 0) is 9.59 Å². The predicted octanol–water partition coefficient (Wildman–Crippen LogP) is 3.98. The van der Waals surface area contributed by atoms with Gasteiger partial charge in [0, 0.05) is 17.9 Å². The Labute approximate surface area is 127 Å². The van der Waals surface area contributed by atoms with Gasteiger partial charge in [0.15, 0.2) is 5.78 Å². The SMILES string of the molecule is CC1=C(CC(F)(F)F)C(=O)CC1C1(C(=O)O)C(C)(C)C1(C)C. The largest absolute Gasteiger partial charge is 0.481 e. The van der Waals surface area contributed by atoms with Gasteiger partial charge in [0.2, 0.25) is 0 Å². The quantitative estimate of drug-likeness (QED) is 0.856. The number of Topliss-reactive ketones (excluding diaryl/α,β-unsaturated/α-hetero) is 1. The summed E-state index contributed by atoms with van der Waals surface area (Å²) in [5.74, 6) is -2.27. The number of ketones is 1. The number of carboxylic acids is 1. The van der Waals surface area contributed by atoms with Crippen molar-refractivity contribution in [3.63, 3.8) is 0 Å². The molecule has 1 fully saturated rings. The monoisotopic (exact) mass is 318 g/mol. The zero-order valence-electron chi connectivity index (χ0n) is 13.4. The van der Waals surface area contributed by atoms with Crippen LogP contribution in [0.3, 0.4) is 0 Å². The van der Waals surface area contributed by atoms with Gasteiger partial charge < -0.3 is 5.11 Å². The Bertz CT molecular complexity index is 568. The Morgan fingerprint density at radius 1 is 1.23 bits per heavy atom. The summed E-state index contributed by atoms with van der Waals surface area (Å²) in [6, 6.07) is 0. The number of rotatable bonds is 3. The number of carbonyl (C=O) groups excluding carboxylic acids is 1. The van der Waals surface area contributed by atoms with E-state index in [0.29, 0.717) is 5.57 Å². The number of hydrogen-bond acceptors (Lipinski definition) is 2. The van der Waals surface area contributed by atoms with Crippen molar-refractivity contribution in [2.24, 2.45) is 22.2 Å². The van der Waals surface area contributed by atoms with Crippen molar-refractivity contribution in [1.29, 1.82) is 0 Å². The van der Waals surface area contributed by atoms with Crippen molar-refractivity contribution >= 4 is 11.8 Å². The van der Waals surface area contributed by atoms with Gasteiger partial charge in [-0.05, 0) is 17.8 Å². The van der Waals surface area contributed by atoms with Crippen LogP contribution >= 0.6 is 0 Å².